The summed E-state index contributed by atoms with van der Waals surface area (Å²) in [4.78, 5) is 69.5. The van der Waals surface area contributed by atoms with Crippen LogP contribution in [0.3, 0.4) is 0 Å². The van der Waals surface area contributed by atoms with Crippen molar-refractivity contribution in [2.45, 2.75) is 146 Å². The highest BCUT2D eigenvalue weighted by Crippen LogP contribution is 2.49. The maximum absolute atomic E-state index is 14.3. The second-order valence-electron chi connectivity index (χ2n) is 18.5. The molecule has 1 aromatic rings. The molecule has 0 aliphatic carbocycles. The van der Waals surface area contributed by atoms with Crippen LogP contribution in [-0.2, 0) is 49.3 Å². The first-order valence-electron chi connectivity index (χ1n) is 21.7. The minimum atomic E-state index is -1.84. The van der Waals surface area contributed by atoms with Crippen molar-refractivity contribution in [1.82, 2.24) is 10.2 Å². The third-order valence-corrected chi connectivity index (χ3v) is 17.1. The number of likely N-dealkylation sites (N-methyl/N-ethyl adjacent to an activating group) is 1. The van der Waals surface area contributed by atoms with Crippen LogP contribution in [0.25, 0.3) is 0 Å². The molecular weight excluding hydrogens is 902 g/mol. The third-order valence-electron chi connectivity index (χ3n) is 12.0. The summed E-state index contributed by atoms with van der Waals surface area (Å²) in [5, 5.41) is 14.7. The standard InChI is InChI=1S/C45H68ClN3O12S2Si/c1-27-14-13-15-35(57-9)45(55)26-34(59-43(54)47-45)29(3)41-44(5,61-41)36(25-38(51)49(7)32-23-31(22-27)24-33(56-8)40(32)46)60-42(53)30(4)48(6)37(50)18-20-62-63-28(2)16-17-39(52)58-19-21-64(10,11)12/h13-15,23-24,28-30,34-36,41,55H,16-22,25-26H2,1-12H3,(H,47,54). The van der Waals surface area contributed by atoms with E-state index in [1.165, 1.54) is 41.9 Å². The highest BCUT2D eigenvalue weighted by Gasteiger charge is 2.64. The Bertz CT molecular complexity index is 1920. The predicted molar refractivity (Wildman–Crippen MR) is 253 cm³/mol. The molecule has 0 radical (unpaired) electrons. The van der Waals surface area contributed by atoms with Gasteiger partial charge in [0.25, 0.3) is 0 Å². The van der Waals surface area contributed by atoms with Gasteiger partial charge in [-0.25, -0.2) is 9.59 Å². The molecule has 2 fully saturated rings. The van der Waals surface area contributed by atoms with E-state index in [0.29, 0.717) is 43.1 Å². The number of alkyl carbamates (subject to hydrolysis) is 1. The lowest BCUT2D eigenvalue weighted by atomic mass is 9.83. The summed E-state index contributed by atoms with van der Waals surface area (Å²) in [7, 11) is 7.86. The number of rotatable bonds is 16. The maximum atomic E-state index is 14.3. The lowest BCUT2D eigenvalue weighted by Gasteiger charge is -2.42. The van der Waals surface area contributed by atoms with E-state index in [4.69, 9.17) is 40.0 Å². The monoisotopic (exact) mass is 969 g/mol. The van der Waals surface area contributed by atoms with Gasteiger partial charge < -0.3 is 43.3 Å². The van der Waals surface area contributed by atoms with E-state index in [1.54, 1.807) is 62.9 Å². The molecule has 4 rings (SSSR count). The summed E-state index contributed by atoms with van der Waals surface area (Å²) in [5.41, 5.74) is -0.990. The van der Waals surface area contributed by atoms with Crippen LogP contribution in [0.15, 0.2) is 35.9 Å². The zero-order valence-corrected chi connectivity index (χ0v) is 42.7. The van der Waals surface area contributed by atoms with Gasteiger partial charge >= 0.3 is 18.0 Å². The fourth-order valence-electron chi connectivity index (χ4n) is 7.60. The number of ether oxygens (including phenoxy) is 6. The number of aliphatic hydroxyl groups is 1. The molecule has 2 N–H and O–H groups in total. The van der Waals surface area contributed by atoms with Gasteiger partial charge in [-0.3, -0.25) is 19.7 Å². The van der Waals surface area contributed by atoms with E-state index in [-0.39, 0.29) is 41.4 Å². The van der Waals surface area contributed by atoms with Gasteiger partial charge in [-0.2, -0.15) is 0 Å². The fraction of sp³-hybridized carbons (Fsp3) is 0.667. The number of halogens is 1. The minimum absolute atomic E-state index is 0.0647. The molecular formula is C45H68ClN3O12S2Si. The average Bonchev–Trinajstić information content (AvgIpc) is 3.92. The van der Waals surface area contributed by atoms with E-state index in [1.807, 2.05) is 19.9 Å². The molecule has 3 aliphatic heterocycles. The summed E-state index contributed by atoms with van der Waals surface area (Å²) >= 11 is 6.80. The van der Waals surface area contributed by atoms with Gasteiger partial charge in [0, 0.05) is 65.5 Å². The number of allylic oxidation sites excluding steroid dienone is 3. The number of benzene rings is 1. The fourth-order valence-corrected chi connectivity index (χ4v) is 11.0. The first kappa shape index (κ1) is 53.4. The van der Waals surface area contributed by atoms with Gasteiger partial charge in [0.05, 0.1) is 31.9 Å². The first-order valence-corrected chi connectivity index (χ1v) is 28.2. The molecule has 15 nitrogen and oxygen atoms in total. The smallest absolute Gasteiger partial charge is 0.409 e. The molecule has 9 atom stereocenters. The molecule has 64 heavy (non-hydrogen) atoms. The normalized spacial score (nSPS) is 27.2. The van der Waals surface area contributed by atoms with E-state index in [2.05, 4.69) is 25.0 Å². The number of esters is 2. The van der Waals surface area contributed by atoms with E-state index in [0.717, 1.165) is 17.2 Å². The van der Waals surface area contributed by atoms with Crippen LogP contribution >= 0.6 is 33.2 Å². The number of nitrogens with one attached hydrogen (secondary N) is 1. The molecule has 3 heterocycles. The zero-order chi connectivity index (χ0) is 47.7. The summed E-state index contributed by atoms with van der Waals surface area (Å²) in [6.45, 7) is 16.2. The average molecular weight is 971 g/mol. The molecule has 358 valence electrons. The first-order chi connectivity index (χ1) is 29.9. The zero-order valence-electron chi connectivity index (χ0n) is 39.3. The van der Waals surface area contributed by atoms with Crippen molar-refractivity contribution in [3.05, 3.63) is 46.5 Å². The highest BCUT2D eigenvalue weighted by molar-refractivity contribution is 8.76. The number of nitrogens with zero attached hydrogens (tertiary/aromatic N) is 2. The van der Waals surface area contributed by atoms with Crippen molar-refractivity contribution in [3.8, 4) is 5.75 Å². The van der Waals surface area contributed by atoms with E-state index >= 15 is 0 Å². The van der Waals surface area contributed by atoms with E-state index < -0.39 is 73.7 Å². The molecule has 0 saturated carbocycles. The summed E-state index contributed by atoms with van der Waals surface area (Å²) in [6.07, 6.45) is 1.94. The lowest BCUT2D eigenvalue weighted by Crippen LogP contribution is -2.63. The Morgan fingerprint density at radius 2 is 1.86 bits per heavy atom. The lowest BCUT2D eigenvalue weighted by molar-refractivity contribution is -0.162. The number of amides is 3. The molecule has 9 unspecified atom stereocenters. The number of carbonyl (C=O) groups excluding carboxylic acids is 5. The molecule has 0 aromatic heterocycles. The highest BCUT2D eigenvalue weighted by atomic mass is 35.5. The Morgan fingerprint density at radius 3 is 2.52 bits per heavy atom. The number of methoxy groups -OCH3 is 2. The summed E-state index contributed by atoms with van der Waals surface area (Å²) in [6, 6.07) is 3.49. The van der Waals surface area contributed by atoms with Gasteiger partial charge in [-0.05, 0) is 57.4 Å². The third kappa shape index (κ3) is 14.4. The Balaban J connectivity index is 1.51. The Kier molecular flexibility index (Phi) is 19.1. The Labute approximate surface area is 392 Å². The van der Waals surface area contributed by atoms with Gasteiger partial charge in [0.1, 0.15) is 40.7 Å². The number of hydrogen-bond acceptors (Lipinski definition) is 14. The Hall–Kier alpha value is -3.26. The molecule has 2 saturated heterocycles. The number of hydrogen-bond donors (Lipinski definition) is 2. The van der Waals surface area contributed by atoms with Crippen molar-refractivity contribution in [2.24, 2.45) is 5.92 Å². The molecule has 3 aliphatic rings. The topological polar surface area (TPSA) is 183 Å². The van der Waals surface area contributed by atoms with Gasteiger partial charge in [-0.1, -0.05) is 90.5 Å². The molecule has 19 heteroatoms. The molecule has 3 amide bonds. The Morgan fingerprint density at radius 1 is 1.16 bits per heavy atom. The van der Waals surface area contributed by atoms with Crippen LogP contribution in [-0.4, -0.2) is 136 Å². The van der Waals surface area contributed by atoms with Crippen molar-refractivity contribution >= 4 is 76.8 Å². The number of epoxide rings is 1. The minimum Gasteiger partial charge on any atom is -0.495 e. The summed E-state index contributed by atoms with van der Waals surface area (Å²) in [5.74, 6) is -1.36. The predicted octanol–water partition coefficient (Wildman–Crippen LogP) is 7.34. The van der Waals surface area contributed by atoms with Gasteiger partial charge in [-0.15, -0.1) is 0 Å². The van der Waals surface area contributed by atoms with Crippen LogP contribution in [0.5, 0.6) is 5.75 Å². The number of carbonyl (C=O) groups is 5. The van der Waals surface area contributed by atoms with Crippen molar-refractivity contribution in [1.29, 1.82) is 0 Å². The SMILES string of the molecule is COc1cc2cc(c1Cl)N(C)C(=O)CC(OC(=O)C(C)N(C)C(=O)CCSSC(C)CCC(=O)OCC[Si](C)(C)C)C1(C)OC1C(C)C1CC(O)(NC(=O)O1)C(OC)C=CC=C(C)C2. The molecule has 4 bridgehead atoms. The van der Waals surface area contributed by atoms with Gasteiger partial charge in [0.15, 0.2) is 5.72 Å². The van der Waals surface area contributed by atoms with Crippen molar-refractivity contribution in [2.75, 3.05) is 45.6 Å². The van der Waals surface area contributed by atoms with Gasteiger partial charge in [0.2, 0.25) is 11.8 Å². The maximum Gasteiger partial charge on any atom is 0.409 e. The summed E-state index contributed by atoms with van der Waals surface area (Å²) < 4.78 is 34.8. The number of anilines is 1. The quantitative estimate of drug-likeness (QED) is 0.0419. The molecule has 0 spiro atoms. The number of fused-ring (bicyclic) bond motifs is 5. The van der Waals surface area contributed by atoms with Crippen LogP contribution in [0.1, 0.15) is 72.3 Å². The van der Waals surface area contributed by atoms with Crippen LogP contribution in [0, 0.1) is 5.92 Å². The van der Waals surface area contributed by atoms with Crippen molar-refractivity contribution < 1.29 is 57.5 Å². The van der Waals surface area contributed by atoms with Crippen LogP contribution in [0.2, 0.25) is 30.7 Å². The second-order valence-corrected chi connectivity index (χ2v) is 27.4. The second kappa shape index (κ2) is 23.0. The molecule has 1 aromatic carbocycles. The van der Waals surface area contributed by atoms with Crippen LogP contribution < -0.4 is 15.0 Å². The van der Waals surface area contributed by atoms with Crippen LogP contribution in [0.4, 0.5) is 10.5 Å². The van der Waals surface area contributed by atoms with E-state index in [9.17, 15) is 29.1 Å². The largest absolute Gasteiger partial charge is 0.495 e. The van der Waals surface area contributed by atoms with Crippen molar-refractivity contribution in [3.63, 3.8) is 0 Å².